The molecule has 0 amide bonds. The summed E-state index contributed by atoms with van der Waals surface area (Å²) in [6.45, 7) is 4.10. The van der Waals surface area contributed by atoms with Crippen LogP contribution in [0.15, 0.2) is 114 Å². The molecule has 0 aliphatic heterocycles. The highest BCUT2D eigenvalue weighted by molar-refractivity contribution is 6.30. The number of aryl methyl sites for hydroxylation is 2. The van der Waals surface area contributed by atoms with Crippen LogP contribution in [0.3, 0.4) is 0 Å². The number of hydrogen-bond donors (Lipinski definition) is 0. The Morgan fingerprint density at radius 3 is 1.98 bits per heavy atom. The van der Waals surface area contributed by atoms with Crippen molar-refractivity contribution in [2.24, 2.45) is 0 Å². The fourth-order valence-corrected chi connectivity index (χ4v) is 5.18. The average molecular weight is 554 g/mol. The lowest BCUT2D eigenvalue weighted by Gasteiger charge is -2.11. The first-order chi connectivity index (χ1) is 20.0. The molecule has 41 heavy (non-hydrogen) atoms. The molecule has 0 N–H and O–H groups in total. The van der Waals surface area contributed by atoms with Crippen LogP contribution in [0.5, 0.6) is 0 Å². The van der Waals surface area contributed by atoms with Crippen molar-refractivity contribution in [3.8, 4) is 39.5 Å². The van der Waals surface area contributed by atoms with Gasteiger partial charge in [0.05, 0.1) is 16.8 Å². The maximum atomic E-state index is 14.5. The van der Waals surface area contributed by atoms with Crippen LogP contribution in [0.1, 0.15) is 11.1 Å². The fraction of sp³-hybridized carbons (Fsp3) is 0.0588. The van der Waals surface area contributed by atoms with Crippen LogP contribution in [-0.4, -0.2) is 24.1 Å². The summed E-state index contributed by atoms with van der Waals surface area (Å²) in [6.07, 6.45) is 0. The number of halogens is 1. The quantitative estimate of drug-likeness (QED) is 0.224. The maximum absolute atomic E-state index is 14.5. The van der Waals surface area contributed by atoms with E-state index in [1.165, 1.54) is 0 Å². The van der Waals surface area contributed by atoms with Gasteiger partial charge in [0.2, 0.25) is 5.78 Å². The normalized spacial score (nSPS) is 11.4. The van der Waals surface area contributed by atoms with Gasteiger partial charge in [-0.15, -0.1) is 5.10 Å². The van der Waals surface area contributed by atoms with Crippen LogP contribution < -0.4 is 5.56 Å². The fourth-order valence-electron chi connectivity index (χ4n) is 5.05. The summed E-state index contributed by atoms with van der Waals surface area (Å²) < 4.78 is 3.25. The Bertz CT molecular complexity index is 2110. The molecule has 0 atom stereocenters. The van der Waals surface area contributed by atoms with Crippen LogP contribution in [0.4, 0.5) is 0 Å². The molecule has 0 saturated heterocycles. The zero-order chi connectivity index (χ0) is 28.1. The Morgan fingerprint density at radius 2 is 1.32 bits per heavy atom. The molecule has 0 unspecified atom stereocenters. The van der Waals surface area contributed by atoms with E-state index in [2.05, 4.69) is 19.1 Å². The van der Waals surface area contributed by atoms with Gasteiger partial charge >= 0.3 is 0 Å². The van der Waals surface area contributed by atoms with Gasteiger partial charge in [0, 0.05) is 21.7 Å². The lowest BCUT2D eigenvalue weighted by atomic mass is 9.99. The van der Waals surface area contributed by atoms with Crippen LogP contribution in [0, 0.1) is 13.8 Å². The monoisotopic (exact) mass is 553 g/mol. The van der Waals surface area contributed by atoms with E-state index in [1.54, 1.807) is 21.2 Å². The highest BCUT2D eigenvalue weighted by Crippen LogP contribution is 2.32. The predicted octanol–water partition coefficient (Wildman–Crippen LogP) is 7.70. The Hall–Kier alpha value is -5.07. The summed E-state index contributed by atoms with van der Waals surface area (Å²) in [5.74, 6) is 0.861. The Labute approximate surface area is 241 Å². The zero-order valence-corrected chi connectivity index (χ0v) is 23.2. The summed E-state index contributed by atoms with van der Waals surface area (Å²) in [6, 6.07) is 35.3. The van der Waals surface area contributed by atoms with E-state index in [1.807, 2.05) is 91.9 Å². The molecule has 0 saturated carbocycles. The number of fused-ring (bicyclic) bond motifs is 2. The SMILES string of the molecule is Cc1ccc(-c2cc(-c3ccc(C)cc3)c3c(=O)n4c(-c5ccccc5)nn(-c5ccc(Cl)cc5)c4nc3n2)cc1. The van der Waals surface area contributed by atoms with Crippen molar-refractivity contribution >= 4 is 28.4 Å². The molecule has 0 radical (unpaired) electrons. The van der Waals surface area contributed by atoms with E-state index in [4.69, 9.17) is 26.7 Å². The summed E-state index contributed by atoms with van der Waals surface area (Å²) in [4.78, 5) is 24.5. The number of benzene rings is 4. The standard InChI is InChI=1S/C34H24ClN5O/c1-21-8-12-23(13-9-21)28-20-29(24-14-10-22(2)11-15-24)36-31-30(28)33(41)39-32(25-6-4-3-5-7-25)38-40(34(39)37-31)27-18-16-26(35)17-19-27/h3-20H,1-2H3. The molecule has 4 aromatic carbocycles. The molecular weight excluding hydrogens is 530 g/mol. The number of nitrogens with zero attached hydrogens (tertiary/aromatic N) is 5. The van der Waals surface area contributed by atoms with Crippen molar-refractivity contribution in [2.45, 2.75) is 13.8 Å². The van der Waals surface area contributed by atoms with Crippen LogP contribution >= 0.6 is 11.6 Å². The van der Waals surface area contributed by atoms with Gasteiger partial charge in [0.25, 0.3) is 5.56 Å². The minimum absolute atomic E-state index is 0.234. The lowest BCUT2D eigenvalue weighted by molar-refractivity contribution is 0.900. The second kappa shape index (κ2) is 9.84. The molecule has 6 nitrogen and oxygen atoms in total. The van der Waals surface area contributed by atoms with Crippen molar-refractivity contribution in [2.75, 3.05) is 0 Å². The second-order valence-electron chi connectivity index (χ2n) is 10.1. The molecule has 0 spiro atoms. The molecule has 198 valence electrons. The molecule has 3 heterocycles. The first kappa shape index (κ1) is 24.9. The van der Waals surface area contributed by atoms with E-state index in [0.29, 0.717) is 27.7 Å². The van der Waals surface area contributed by atoms with Gasteiger partial charge in [-0.3, -0.25) is 4.79 Å². The molecule has 0 fully saturated rings. The van der Waals surface area contributed by atoms with Crippen molar-refractivity contribution in [3.05, 3.63) is 136 Å². The lowest BCUT2D eigenvalue weighted by Crippen LogP contribution is -2.18. The van der Waals surface area contributed by atoms with Gasteiger partial charge < -0.3 is 0 Å². The summed E-state index contributed by atoms with van der Waals surface area (Å²) in [5, 5.41) is 5.94. The van der Waals surface area contributed by atoms with Gasteiger partial charge in [-0.05, 0) is 49.7 Å². The highest BCUT2D eigenvalue weighted by Gasteiger charge is 2.22. The minimum atomic E-state index is -0.234. The molecule has 0 aliphatic rings. The topological polar surface area (TPSA) is 65.1 Å². The second-order valence-corrected chi connectivity index (χ2v) is 10.6. The number of hydrogen-bond acceptors (Lipinski definition) is 4. The molecule has 0 aliphatic carbocycles. The average Bonchev–Trinajstić information content (AvgIpc) is 3.38. The Balaban J connectivity index is 1.61. The van der Waals surface area contributed by atoms with Gasteiger partial charge in [0.15, 0.2) is 11.5 Å². The van der Waals surface area contributed by atoms with Crippen LogP contribution in [0.25, 0.3) is 56.3 Å². The number of pyridine rings is 1. The zero-order valence-electron chi connectivity index (χ0n) is 22.4. The first-order valence-corrected chi connectivity index (χ1v) is 13.7. The van der Waals surface area contributed by atoms with E-state index < -0.39 is 0 Å². The van der Waals surface area contributed by atoms with E-state index in [9.17, 15) is 4.79 Å². The number of aromatic nitrogens is 5. The summed E-state index contributed by atoms with van der Waals surface area (Å²) in [5.41, 5.74) is 7.33. The van der Waals surface area contributed by atoms with Crippen molar-refractivity contribution < 1.29 is 0 Å². The molecule has 7 aromatic rings. The molecule has 3 aromatic heterocycles. The van der Waals surface area contributed by atoms with Crippen molar-refractivity contribution in [3.63, 3.8) is 0 Å². The first-order valence-electron chi connectivity index (χ1n) is 13.3. The third kappa shape index (κ3) is 4.39. The highest BCUT2D eigenvalue weighted by atomic mass is 35.5. The van der Waals surface area contributed by atoms with Gasteiger partial charge in [0.1, 0.15) is 0 Å². The van der Waals surface area contributed by atoms with Gasteiger partial charge in [-0.2, -0.15) is 9.67 Å². The molecule has 7 rings (SSSR count). The third-order valence-electron chi connectivity index (χ3n) is 7.23. The number of rotatable bonds is 4. The van der Waals surface area contributed by atoms with E-state index in [0.717, 1.165) is 44.8 Å². The van der Waals surface area contributed by atoms with Gasteiger partial charge in [-0.1, -0.05) is 102 Å². The van der Waals surface area contributed by atoms with E-state index in [-0.39, 0.29) is 5.56 Å². The Kier molecular flexibility index (Phi) is 5.98. The third-order valence-corrected chi connectivity index (χ3v) is 7.48. The van der Waals surface area contributed by atoms with E-state index >= 15 is 0 Å². The van der Waals surface area contributed by atoms with Crippen LogP contribution in [-0.2, 0) is 0 Å². The minimum Gasteiger partial charge on any atom is -0.268 e. The maximum Gasteiger partial charge on any atom is 0.271 e. The molecular formula is C34H24ClN5O. The largest absolute Gasteiger partial charge is 0.271 e. The van der Waals surface area contributed by atoms with Crippen molar-refractivity contribution in [1.82, 2.24) is 24.1 Å². The predicted molar refractivity (Wildman–Crippen MR) is 165 cm³/mol. The smallest absolute Gasteiger partial charge is 0.268 e. The Morgan fingerprint density at radius 1 is 0.683 bits per heavy atom. The summed E-state index contributed by atoms with van der Waals surface area (Å²) in [7, 11) is 0. The molecule has 0 bridgehead atoms. The van der Waals surface area contributed by atoms with Gasteiger partial charge in [-0.25, -0.2) is 9.38 Å². The van der Waals surface area contributed by atoms with Crippen molar-refractivity contribution in [1.29, 1.82) is 0 Å². The van der Waals surface area contributed by atoms with Crippen LogP contribution in [0.2, 0.25) is 5.02 Å². The molecule has 7 heteroatoms. The summed E-state index contributed by atoms with van der Waals surface area (Å²) >= 11 is 6.18.